The third kappa shape index (κ3) is 4.22. The SMILES string of the molecule is CCc1nc2c(c(=O)n1C(c1ccccc1)c1ccccc1)CCN(C(=O)c1ccc3c(c1)CCO3)C2. The summed E-state index contributed by atoms with van der Waals surface area (Å²) in [6.45, 7) is 3.51. The number of rotatable bonds is 5. The average Bonchev–Trinajstić information content (AvgIpc) is 3.43. The Morgan fingerprint density at radius 1 is 0.973 bits per heavy atom. The van der Waals surface area contributed by atoms with Crippen molar-refractivity contribution in [3.63, 3.8) is 0 Å². The molecule has 0 bridgehead atoms. The molecule has 4 aromatic rings. The highest BCUT2D eigenvalue weighted by Gasteiger charge is 2.29. The van der Waals surface area contributed by atoms with Gasteiger partial charge in [-0.05, 0) is 41.3 Å². The van der Waals surface area contributed by atoms with Crippen LogP contribution in [0.5, 0.6) is 5.75 Å². The summed E-state index contributed by atoms with van der Waals surface area (Å²) >= 11 is 0. The van der Waals surface area contributed by atoms with E-state index in [4.69, 9.17) is 9.72 Å². The normalized spacial score (nSPS) is 14.3. The molecule has 2 aliphatic heterocycles. The van der Waals surface area contributed by atoms with Gasteiger partial charge in [-0.25, -0.2) is 4.98 Å². The first-order valence-corrected chi connectivity index (χ1v) is 12.9. The zero-order valence-electron chi connectivity index (χ0n) is 20.9. The fraction of sp³-hybridized carbons (Fsp3) is 0.258. The highest BCUT2D eigenvalue weighted by molar-refractivity contribution is 5.94. The lowest BCUT2D eigenvalue weighted by molar-refractivity contribution is 0.0730. The van der Waals surface area contributed by atoms with Crippen molar-refractivity contribution in [2.45, 2.75) is 38.8 Å². The van der Waals surface area contributed by atoms with Gasteiger partial charge in [-0.15, -0.1) is 0 Å². The van der Waals surface area contributed by atoms with Gasteiger partial charge in [0, 0.05) is 30.5 Å². The number of fused-ring (bicyclic) bond motifs is 2. The molecule has 6 heteroatoms. The lowest BCUT2D eigenvalue weighted by Crippen LogP contribution is -2.42. The largest absolute Gasteiger partial charge is 0.493 e. The van der Waals surface area contributed by atoms with Gasteiger partial charge >= 0.3 is 0 Å². The van der Waals surface area contributed by atoms with Gasteiger partial charge in [-0.2, -0.15) is 0 Å². The number of hydrogen-bond donors (Lipinski definition) is 0. The summed E-state index contributed by atoms with van der Waals surface area (Å²) in [6, 6.07) is 25.6. The molecule has 0 spiro atoms. The summed E-state index contributed by atoms with van der Waals surface area (Å²) in [6.07, 6.45) is 1.92. The number of benzene rings is 3. The molecular weight excluding hydrogens is 462 g/mol. The molecule has 2 aliphatic rings. The second kappa shape index (κ2) is 9.69. The summed E-state index contributed by atoms with van der Waals surface area (Å²) in [5, 5.41) is 0. The smallest absolute Gasteiger partial charge is 0.257 e. The third-order valence-corrected chi connectivity index (χ3v) is 7.37. The fourth-order valence-corrected chi connectivity index (χ4v) is 5.50. The lowest BCUT2D eigenvalue weighted by atomic mass is 9.97. The number of amides is 1. The standard InChI is InChI=1S/C31H29N3O3/c1-2-28-32-26-20-33(30(35)24-13-14-27-23(19-24)16-18-37-27)17-15-25(26)31(36)34(28)29(21-9-5-3-6-10-21)22-11-7-4-8-12-22/h3-14,19,29H,2,15-18,20H2,1H3. The summed E-state index contributed by atoms with van der Waals surface area (Å²) in [5.41, 5.74) is 5.22. The molecule has 0 N–H and O–H groups in total. The van der Waals surface area contributed by atoms with Crippen molar-refractivity contribution in [3.05, 3.63) is 129 Å². The maximum atomic E-state index is 14.1. The first-order valence-electron chi connectivity index (χ1n) is 12.9. The molecule has 0 radical (unpaired) electrons. The van der Waals surface area contributed by atoms with E-state index in [0.717, 1.165) is 34.7 Å². The first kappa shape index (κ1) is 23.2. The molecule has 0 atom stereocenters. The maximum Gasteiger partial charge on any atom is 0.257 e. The maximum absolute atomic E-state index is 14.1. The van der Waals surface area contributed by atoms with E-state index in [1.54, 1.807) is 0 Å². The Labute approximate surface area is 216 Å². The van der Waals surface area contributed by atoms with Crippen LogP contribution in [0.25, 0.3) is 0 Å². The second-order valence-electron chi connectivity index (χ2n) is 9.60. The van der Waals surface area contributed by atoms with Crippen molar-refractivity contribution in [3.8, 4) is 5.75 Å². The van der Waals surface area contributed by atoms with Gasteiger partial charge in [-0.3, -0.25) is 14.2 Å². The summed E-state index contributed by atoms with van der Waals surface area (Å²) in [5.74, 6) is 1.56. The van der Waals surface area contributed by atoms with Crippen LogP contribution in [0.4, 0.5) is 0 Å². The Morgan fingerprint density at radius 3 is 2.35 bits per heavy atom. The molecule has 1 amide bonds. The first-order chi connectivity index (χ1) is 18.1. The van der Waals surface area contributed by atoms with E-state index in [-0.39, 0.29) is 17.5 Å². The minimum atomic E-state index is -0.268. The van der Waals surface area contributed by atoms with Gasteiger partial charge < -0.3 is 9.64 Å². The Kier molecular flexibility index (Phi) is 6.08. The van der Waals surface area contributed by atoms with Crippen molar-refractivity contribution in [2.75, 3.05) is 13.2 Å². The van der Waals surface area contributed by atoms with Crippen LogP contribution >= 0.6 is 0 Å². The summed E-state index contributed by atoms with van der Waals surface area (Å²) < 4.78 is 7.45. The van der Waals surface area contributed by atoms with Crippen LogP contribution in [0, 0.1) is 0 Å². The number of ether oxygens (including phenoxy) is 1. The second-order valence-corrected chi connectivity index (χ2v) is 9.60. The van der Waals surface area contributed by atoms with Crippen LogP contribution in [0.15, 0.2) is 83.7 Å². The average molecular weight is 492 g/mol. The molecule has 186 valence electrons. The van der Waals surface area contributed by atoms with Crippen LogP contribution in [0.3, 0.4) is 0 Å². The quantitative estimate of drug-likeness (QED) is 0.410. The van der Waals surface area contributed by atoms with Gasteiger partial charge in [0.15, 0.2) is 0 Å². The van der Waals surface area contributed by atoms with Gasteiger partial charge in [-0.1, -0.05) is 67.6 Å². The van der Waals surface area contributed by atoms with E-state index >= 15 is 0 Å². The Morgan fingerprint density at radius 2 is 1.68 bits per heavy atom. The number of aryl methyl sites for hydroxylation is 1. The van der Waals surface area contributed by atoms with Gasteiger partial charge in [0.2, 0.25) is 0 Å². The van der Waals surface area contributed by atoms with Crippen molar-refractivity contribution >= 4 is 5.91 Å². The van der Waals surface area contributed by atoms with Crippen molar-refractivity contribution in [2.24, 2.45) is 0 Å². The lowest BCUT2D eigenvalue weighted by Gasteiger charge is -2.31. The minimum absolute atomic E-state index is 0.0127. The molecule has 6 rings (SSSR count). The number of carbonyl (C=O) groups excluding carboxylic acids is 1. The highest BCUT2D eigenvalue weighted by Crippen LogP contribution is 2.29. The van der Waals surface area contributed by atoms with Crippen LogP contribution in [-0.4, -0.2) is 33.5 Å². The Balaban J connectivity index is 1.38. The molecule has 0 saturated heterocycles. The van der Waals surface area contributed by atoms with E-state index in [0.29, 0.717) is 49.4 Å². The van der Waals surface area contributed by atoms with Crippen LogP contribution in [0.2, 0.25) is 0 Å². The summed E-state index contributed by atoms with van der Waals surface area (Å²) in [4.78, 5) is 34.2. The molecule has 0 unspecified atom stereocenters. The van der Waals surface area contributed by atoms with Gasteiger partial charge in [0.25, 0.3) is 11.5 Å². The van der Waals surface area contributed by atoms with Gasteiger partial charge in [0.1, 0.15) is 11.6 Å². The highest BCUT2D eigenvalue weighted by atomic mass is 16.5. The molecule has 6 nitrogen and oxygen atoms in total. The van der Waals surface area contributed by atoms with Gasteiger partial charge in [0.05, 0.1) is 24.9 Å². The van der Waals surface area contributed by atoms with E-state index < -0.39 is 0 Å². The number of nitrogens with zero attached hydrogens (tertiary/aromatic N) is 3. The number of carbonyl (C=O) groups is 1. The monoisotopic (exact) mass is 491 g/mol. The van der Waals surface area contributed by atoms with E-state index in [2.05, 4.69) is 24.3 Å². The minimum Gasteiger partial charge on any atom is -0.493 e. The van der Waals surface area contributed by atoms with E-state index in [1.807, 2.05) is 71.0 Å². The Hall–Kier alpha value is -4.19. The predicted molar refractivity (Wildman–Crippen MR) is 142 cm³/mol. The van der Waals surface area contributed by atoms with Crippen molar-refractivity contribution < 1.29 is 9.53 Å². The fourth-order valence-electron chi connectivity index (χ4n) is 5.50. The zero-order valence-corrected chi connectivity index (χ0v) is 20.9. The molecule has 0 fully saturated rings. The molecule has 3 aromatic carbocycles. The molecular formula is C31H29N3O3. The summed E-state index contributed by atoms with van der Waals surface area (Å²) in [7, 11) is 0. The van der Waals surface area contributed by atoms with E-state index in [9.17, 15) is 9.59 Å². The number of aromatic nitrogens is 2. The molecule has 0 saturated carbocycles. The Bertz CT molecular complexity index is 1470. The van der Waals surface area contributed by atoms with Crippen LogP contribution < -0.4 is 10.3 Å². The zero-order chi connectivity index (χ0) is 25.4. The molecule has 3 heterocycles. The molecule has 37 heavy (non-hydrogen) atoms. The van der Waals surface area contributed by atoms with Crippen LogP contribution in [-0.2, 0) is 25.8 Å². The van der Waals surface area contributed by atoms with E-state index in [1.165, 1.54) is 0 Å². The van der Waals surface area contributed by atoms with Crippen molar-refractivity contribution in [1.82, 2.24) is 14.5 Å². The molecule has 0 aliphatic carbocycles. The molecule has 1 aromatic heterocycles. The predicted octanol–water partition coefficient (Wildman–Crippen LogP) is 4.58. The van der Waals surface area contributed by atoms with Crippen molar-refractivity contribution in [1.29, 1.82) is 0 Å². The topological polar surface area (TPSA) is 64.4 Å². The van der Waals surface area contributed by atoms with Crippen LogP contribution in [0.1, 0.15) is 57.1 Å². The number of hydrogen-bond acceptors (Lipinski definition) is 4. The third-order valence-electron chi connectivity index (χ3n) is 7.37.